The second-order valence-electron chi connectivity index (χ2n) is 4.54. The lowest BCUT2D eigenvalue weighted by atomic mass is 10.1. The van der Waals surface area contributed by atoms with Crippen molar-refractivity contribution >= 4 is 5.52 Å². The van der Waals surface area contributed by atoms with E-state index in [0.29, 0.717) is 12.0 Å². The van der Waals surface area contributed by atoms with Crippen molar-refractivity contribution in [3.8, 4) is 0 Å². The lowest BCUT2D eigenvalue weighted by molar-refractivity contribution is -0.137. The number of imidazole rings is 1. The molecule has 0 saturated heterocycles. The number of fused-ring (bicyclic) bond motifs is 1. The molecule has 0 bridgehead atoms. The summed E-state index contributed by atoms with van der Waals surface area (Å²) in [5.41, 5.74) is 0.890. The minimum atomic E-state index is -4.31. The smallest absolute Gasteiger partial charge is 0.303 e. The van der Waals surface area contributed by atoms with Crippen LogP contribution >= 0.6 is 0 Å². The summed E-state index contributed by atoms with van der Waals surface area (Å²) < 4.78 is 39.9. The van der Waals surface area contributed by atoms with Crippen LogP contribution in [0.4, 0.5) is 13.2 Å². The van der Waals surface area contributed by atoms with Gasteiger partial charge in [0.1, 0.15) is 5.82 Å². The molecule has 0 aliphatic heterocycles. The Morgan fingerprint density at radius 1 is 1.05 bits per heavy atom. The number of alkyl halides is 3. The van der Waals surface area contributed by atoms with Gasteiger partial charge in [-0.25, -0.2) is 4.98 Å². The summed E-state index contributed by atoms with van der Waals surface area (Å²) in [6, 6.07) is 11.0. The Morgan fingerprint density at radius 3 is 2.70 bits per heavy atom. The van der Waals surface area contributed by atoms with Crippen molar-refractivity contribution in [1.29, 1.82) is 0 Å². The molecule has 2 aromatic heterocycles. The fourth-order valence-electron chi connectivity index (χ4n) is 2.17. The van der Waals surface area contributed by atoms with Crippen molar-refractivity contribution in [3.05, 3.63) is 71.8 Å². The molecule has 0 aliphatic carbocycles. The summed E-state index contributed by atoms with van der Waals surface area (Å²) >= 11 is 0. The first-order chi connectivity index (χ1) is 9.54. The van der Waals surface area contributed by atoms with Crippen molar-refractivity contribution in [3.63, 3.8) is 0 Å². The molecule has 20 heavy (non-hydrogen) atoms. The summed E-state index contributed by atoms with van der Waals surface area (Å²) in [6.45, 7) is 0. The monoisotopic (exact) mass is 276 g/mol. The molecule has 2 nitrogen and oxygen atoms in total. The molecule has 0 saturated carbocycles. The Bertz CT molecular complexity index is 744. The molecule has 0 atom stereocenters. The zero-order valence-electron chi connectivity index (χ0n) is 10.4. The van der Waals surface area contributed by atoms with Gasteiger partial charge in [0.15, 0.2) is 0 Å². The Labute approximate surface area is 113 Å². The third kappa shape index (κ3) is 2.39. The van der Waals surface area contributed by atoms with Crippen molar-refractivity contribution in [1.82, 2.24) is 9.38 Å². The first kappa shape index (κ1) is 12.7. The van der Waals surface area contributed by atoms with Crippen LogP contribution in [-0.2, 0) is 12.6 Å². The van der Waals surface area contributed by atoms with Crippen molar-refractivity contribution in [2.45, 2.75) is 12.6 Å². The zero-order chi connectivity index (χ0) is 14.2. The van der Waals surface area contributed by atoms with Gasteiger partial charge in [-0.05, 0) is 23.8 Å². The van der Waals surface area contributed by atoms with Gasteiger partial charge in [-0.1, -0.05) is 24.3 Å². The SMILES string of the molecule is FC(F)(F)c1cccc(Cc2ncc3ccccn23)c1. The second kappa shape index (κ2) is 4.67. The van der Waals surface area contributed by atoms with Crippen molar-refractivity contribution in [2.24, 2.45) is 0 Å². The van der Waals surface area contributed by atoms with Gasteiger partial charge >= 0.3 is 6.18 Å². The van der Waals surface area contributed by atoms with Gasteiger partial charge in [0.05, 0.1) is 17.3 Å². The molecule has 0 radical (unpaired) electrons. The van der Waals surface area contributed by atoms with Gasteiger partial charge in [0.25, 0.3) is 0 Å². The van der Waals surface area contributed by atoms with E-state index in [1.807, 2.05) is 28.8 Å². The molecule has 0 N–H and O–H groups in total. The molecule has 1 aromatic carbocycles. The largest absolute Gasteiger partial charge is 0.416 e. The van der Waals surface area contributed by atoms with E-state index in [0.717, 1.165) is 17.4 Å². The van der Waals surface area contributed by atoms with Crippen LogP contribution in [0.3, 0.4) is 0 Å². The van der Waals surface area contributed by atoms with Crippen LogP contribution in [0.2, 0.25) is 0 Å². The molecular weight excluding hydrogens is 265 g/mol. The van der Waals surface area contributed by atoms with Crippen LogP contribution in [0.1, 0.15) is 17.0 Å². The van der Waals surface area contributed by atoms with Gasteiger partial charge in [-0.2, -0.15) is 13.2 Å². The first-order valence-electron chi connectivity index (χ1n) is 6.11. The lowest BCUT2D eigenvalue weighted by Gasteiger charge is -2.08. The van der Waals surface area contributed by atoms with E-state index in [1.165, 1.54) is 12.1 Å². The standard InChI is InChI=1S/C15H11F3N2/c16-15(17,18)12-5-3-4-11(8-12)9-14-19-10-13-6-1-2-7-20(13)14/h1-8,10H,9H2. The van der Waals surface area contributed by atoms with E-state index < -0.39 is 11.7 Å². The van der Waals surface area contributed by atoms with Gasteiger partial charge in [0.2, 0.25) is 0 Å². The van der Waals surface area contributed by atoms with E-state index >= 15 is 0 Å². The highest BCUT2D eigenvalue weighted by Crippen LogP contribution is 2.29. The van der Waals surface area contributed by atoms with Gasteiger partial charge < -0.3 is 4.40 Å². The van der Waals surface area contributed by atoms with Crippen molar-refractivity contribution in [2.75, 3.05) is 0 Å². The number of pyridine rings is 1. The fraction of sp³-hybridized carbons (Fsp3) is 0.133. The van der Waals surface area contributed by atoms with E-state index in [1.54, 1.807) is 12.3 Å². The summed E-state index contributed by atoms with van der Waals surface area (Å²) in [5.74, 6) is 0.722. The molecule has 5 heteroatoms. The maximum atomic E-state index is 12.7. The molecule has 0 aliphatic rings. The van der Waals surface area contributed by atoms with Gasteiger partial charge in [0, 0.05) is 12.6 Å². The third-order valence-corrected chi connectivity index (χ3v) is 3.13. The molecule has 3 aromatic rings. The zero-order valence-corrected chi connectivity index (χ0v) is 10.4. The van der Waals surface area contributed by atoms with E-state index in [9.17, 15) is 13.2 Å². The van der Waals surface area contributed by atoms with Crippen LogP contribution in [0.5, 0.6) is 0 Å². The number of hydrogen-bond donors (Lipinski definition) is 0. The number of aromatic nitrogens is 2. The molecule has 102 valence electrons. The molecule has 0 unspecified atom stereocenters. The number of benzene rings is 1. The number of hydrogen-bond acceptors (Lipinski definition) is 1. The Balaban J connectivity index is 1.95. The highest BCUT2D eigenvalue weighted by Gasteiger charge is 2.30. The Morgan fingerprint density at radius 2 is 1.90 bits per heavy atom. The van der Waals surface area contributed by atoms with E-state index in [-0.39, 0.29) is 0 Å². The number of halogens is 3. The fourth-order valence-corrected chi connectivity index (χ4v) is 2.17. The topological polar surface area (TPSA) is 17.3 Å². The molecule has 0 fully saturated rings. The molecule has 3 rings (SSSR count). The number of rotatable bonds is 2. The average Bonchev–Trinajstić information content (AvgIpc) is 2.82. The minimum absolute atomic E-state index is 0.363. The predicted molar refractivity (Wildman–Crippen MR) is 69.4 cm³/mol. The highest BCUT2D eigenvalue weighted by atomic mass is 19.4. The predicted octanol–water partition coefficient (Wildman–Crippen LogP) is 3.94. The molecular formula is C15H11F3N2. The van der Waals surface area contributed by atoms with Crippen LogP contribution in [0.15, 0.2) is 54.9 Å². The Kier molecular flexibility index (Phi) is 2.97. The van der Waals surface area contributed by atoms with Crippen LogP contribution in [0, 0.1) is 0 Å². The first-order valence-corrected chi connectivity index (χ1v) is 6.11. The second-order valence-corrected chi connectivity index (χ2v) is 4.54. The summed E-state index contributed by atoms with van der Waals surface area (Å²) in [6.07, 6.45) is -0.388. The lowest BCUT2D eigenvalue weighted by Crippen LogP contribution is -2.05. The maximum absolute atomic E-state index is 12.7. The average molecular weight is 276 g/mol. The quantitative estimate of drug-likeness (QED) is 0.693. The molecule has 0 amide bonds. The minimum Gasteiger partial charge on any atom is -0.303 e. The number of nitrogens with zero attached hydrogens (tertiary/aromatic N) is 2. The van der Waals surface area contributed by atoms with Crippen LogP contribution in [-0.4, -0.2) is 9.38 Å². The Hall–Kier alpha value is -2.30. The van der Waals surface area contributed by atoms with Gasteiger partial charge in [-0.3, -0.25) is 0 Å². The maximum Gasteiger partial charge on any atom is 0.416 e. The molecule has 0 spiro atoms. The van der Waals surface area contributed by atoms with E-state index in [2.05, 4.69) is 4.98 Å². The van der Waals surface area contributed by atoms with Crippen LogP contribution < -0.4 is 0 Å². The van der Waals surface area contributed by atoms with Gasteiger partial charge in [-0.15, -0.1) is 0 Å². The normalized spacial score (nSPS) is 11.9. The highest BCUT2D eigenvalue weighted by molar-refractivity contribution is 5.46. The van der Waals surface area contributed by atoms with Crippen molar-refractivity contribution < 1.29 is 13.2 Å². The molecule has 2 heterocycles. The summed E-state index contributed by atoms with van der Waals surface area (Å²) in [4.78, 5) is 4.26. The summed E-state index contributed by atoms with van der Waals surface area (Å²) in [5, 5.41) is 0. The summed E-state index contributed by atoms with van der Waals surface area (Å²) in [7, 11) is 0. The van der Waals surface area contributed by atoms with Crippen LogP contribution in [0.25, 0.3) is 5.52 Å². The van der Waals surface area contributed by atoms with E-state index in [4.69, 9.17) is 0 Å². The third-order valence-electron chi connectivity index (χ3n) is 3.13.